The molecule has 48 heavy (non-hydrogen) atoms. The van der Waals surface area contributed by atoms with Gasteiger partial charge >= 0.3 is 0 Å². The second kappa shape index (κ2) is 15.1. The fourth-order valence-corrected chi connectivity index (χ4v) is 7.53. The number of β-amino-alcohol motifs (C(OH)–C–C–N with tert-alkyl or cyclic N) is 1. The van der Waals surface area contributed by atoms with Crippen LogP contribution in [0.5, 0.6) is 0 Å². The molecule has 1 aromatic heterocycles. The van der Waals surface area contributed by atoms with Gasteiger partial charge in [0.05, 0.1) is 22.9 Å². The first-order valence-electron chi connectivity index (χ1n) is 17.0. The zero-order valence-electron chi connectivity index (χ0n) is 29.4. The van der Waals surface area contributed by atoms with Crippen molar-refractivity contribution >= 4 is 27.6 Å². The van der Waals surface area contributed by atoms with Crippen LogP contribution in [0.1, 0.15) is 88.6 Å². The number of aliphatic hydroxyl groups excluding tert-OH is 1. The lowest BCUT2D eigenvalue weighted by molar-refractivity contribution is -0.133. The summed E-state index contributed by atoms with van der Waals surface area (Å²) in [6.45, 7) is 11.1. The largest absolute Gasteiger partial charge is 0.456 e. The highest BCUT2D eigenvalue weighted by atomic mass is 32.2. The molecule has 11 nitrogen and oxygen atoms in total. The fraction of sp³-hybridized carbons (Fsp3) is 0.639. The van der Waals surface area contributed by atoms with Crippen molar-refractivity contribution in [3.8, 4) is 0 Å². The van der Waals surface area contributed by atoms with Crippen molar-refractivity contribution in [1.82, 2.24) is 20.9 Å². The van der Waals surface area contributed by atoms with E-state index in [0.717, 1.165) is 37.5 Å². The number of benzene rings is 1. The first-order chi connectivity index (χ1) is 22.4. The molecular weight excluding hydrogens is 632 g/mol. The van der Waals surface area contributed by atoms with Gasteiger partial charge in [-0.15, -0.1) is 0 Å². The number of carbonyl (C=O) groups excluding carboxylic acids is 3. The van der Waals surface area contributed by atoms with Crippen molar-refractivity contribution in [3.63, 3.8) is 0 Å². The molecule has 0 bridgehead atoms. The number of carbonyl (C=O) groups is 3. The number of hydrogen-bond donors (Lipinski definition) is 4. The minimum Gasteiger partial charge on any atom is -0.456 e. The number of nitrogens with one attached hydrogen (secondary N) is 3. The third-order valence-electron chi connectivity index (χ3n) is 9.97. The van der Waals surface area contributed by atoms with Gasteiger partial charge < -0.3 is 25.5 Å². The summed E-state index contributed by atoms with van der Waals surface area (Å²) in [6, 6.07) is 9.62. The maximum absolute atomic E-state index is 14.1. The van der Waals surface area contributed by atoms with Gasteiger partial charge in [0.15, 0.2) is 15.6 Å². The van der Waals surface area contributed by atoms with E-state index < -0.39 is 56.2 Å². The third-order valence-corrected chi connectivity index (χ3v) is 12.1. The van der Waals surface area contributed by atoms with Crippen LogP contribution in [0.15, 0.2) is 46.9 Å². The second-order valence-electron chi connectivity index (χ2n) is 15.3. The summed E-state index contributed by atoms with van der Waals surface area (Å²) in [5.74, 6) is -0.260. The maximum atomic E-state index is 14.1. The van der Waals surface area contributed by atoms with Gasteiger partial charge in [-0.3, -0.25) is 19.3 Å². The topological polar surface area (TPSA) is 158 Å². The SMILES string of the molecule is Cc1ccc(C(=O)N[C@H](C(=O)NC(Cc2ccccc2)C(O)CN2C[C@H]3CCCC[C@H]3CC2C(=O)NC(C)(C)C)C(C)(C)S(C)(=O)=O)o1. The molecule has 2 aliphatic rings. The van der Waals surface area contributed by atoms with Crippen molar-refractivity contribution in [1.29, 1.82) is 0 Å². The van der Waals surface area contributed by atoms with Crippen LogP contribution >= 0.6 is 0 Å². The number of furan rings is 1. The molecule has 3 unspecified atom stereocenters. The van der Waals surface area contributed by atoms with Crippen molar-refractivity contribution in [3.05, 3.63) is 59.5 Å². The Morgan fingerprint density at radius 3 is 2.21 bits per heavy atom. The Morgan fingerprint density at radius 2 is 1.62 bits per heavy atom. The monoisotopic (exact) mass is 686 g/mol. The number of amides is 3. The van der Waals surface area contributed by atoms with Gasteiger partial charge in [-0.25, -0.2) is 8.42 Å². The molecule has 2 fully saturated rings. The van der Waals surface area contributed by atoms with Crippen LogP contribution in [0.2, 0.25) is 0 Å². The van der Waals surface area contributed by atoms with E-state index in [-0.39, 0.29) is 24.6 Å². The summed E-state index contributed by atoms with van der Waals surface area (Å²) in [6.07, 6.45) is 5.31. The van der Waals surface area contributed by atoms with Gasteiger partial charge in [0, 0.05) is 24.9 Å². The summed E-state index contributed by atoms with van der Waals surface area (Å²) >= 11 is 0. The van der Waals surface area contributed by atoms with E-state index in [9.17, 15) is 27.9 Å². The van der Waals surface area contributed by atoms with Crippen LogP contribution in [0.3, 0.4) is 0 Å². The minimum absolute atomic E-state index is 0.0545. The molecule has 6 atom stereocenters. The molecule has 0 radical (unpaired) electrons. The summed E-state index contributed by atoms with van der Waals surface area (Å²) in [4.78, 5) is 43.0. The van der Waals surface area contributed by atoms with Crippen LogP contribution in [-0.4, -0.2) is 90.0 Å². The molecular formula is C36H54N4O7S. The standard InChI is InChI=1S/C36H54N4O7S/c1-23-17-18-30(47-23)33(43)38-31(36(5,6)48(7,45)46)34(44)37-27(19-24-13-9-8-10-14-24)29(41)22-40-21-26-16-12-11-15-25(26)20-28(40)32(42)39-35(2,3)4/h8-10,13-14,17-18,25-29,31,41H,11-12,15-16,19-22H2,1-7H3,(H,37,44)(H,38,43)(H,39,42)/t25-,26+,27?,28?,29?,31+/m0/s1. The Kier molecular flexibility index (Phi) is 11.8. The van der Waals surface area contributed by atoms with Crippen molar-refractivity contribution < 1.29 is 32.3 Å². The Labute approximate surface area is 285 Å². The molecule has 266 valence electrons. The zero-order valence-corrected chi connectivity index (χ0v) is 30.2. The first kappa shape index (κ1) is 37.6. The molecule has 1 saturated carbocycles. The molecule has 2 heterocycles. The number of hydrogen-bond acceptors (Lipinski definition) is 8. The van der Waals surface area contributed by atoms with Crippen LogP contribution in [0.4, 0.5) is 0 Å². The van der Waals surface area contributed by atoms with E-state index in [4.69, 9.17) is 4.42 Å². The number of sulfone groups is 1. The van der Waals surface area contributed by atoms with Crippen molar-refractivity contribution in [2.75, 3.05) is 19.3 Å². The average molecular weight is 687 g/mol. The fourth-order valence-electron chi connectivity index (χ4n) is 6.94. The summed E-state index contributed by atoms with van der Waals surface area (Å²) < 4.78 is 29.6. The number of piperidine rings is 1. The molecule has 2 aromatic rings. The van der Waals surface area contributed by atoms with Crippen LogP contribution < -0.4 is 16.0 Å². The first-order valence-corrected chi connectivity index (χ1v) is 18.9. The zero-order chi connectivity index (χ0) is 35.4. The Bertz CT molecular complexity index is 1530. The van der Waals surface area contributed by atoms with E-state index in [1.807, 2.05) is 51.1 Å². The molecule has 1 aromatic carbocycles. The summed E-state index contributed by atoms with van der Waals surface area (Å²) in [5, 5.41) is 20.5. The Hall–Kier alpha value is -3.22. The molecule has 0 spiro atoms. The van der Waals surface area contributed by atoms with Crippen LogP contribution in [0.25, 0.3) is 0 Å². The predicted molar refractivity (Wildman–Crippen MR) is 185 cm³/mol. The van der Waals surface area contributed by atoms with Gasteiger partial charge in [0.1, 0.15) is 11.8 Å². The quantitative estimate of drug-likeness (QED) is 0.265. The van der Waals surface area contributed by atoms with Gasteiger partial charge in [-0.05, 0) is 90.3 Å². The minimum atomic E-state index is -3.87. The molecule has 1 aliphatic carbocycles. The predicted octanol–water partition coefficient (Wildman–Crippen LogP) is 3.39. The normalized spacial score (nSPS) is 22.5. The molecule has 1 aliphatic heterocycles. The van der Waals surface area contributed by atoms with E-state index in [1.165, 1.54) is 19.9 Å². The third kappa shape index (κ3) is 9.47. The number of aliphatic hydroxyl groups is 1. The van der Waals surface area contributed by atoms with Crippen molar-refractivity contribution in [2.45, 2.75) is 115 Å². The molecule has 3 amide bonds. The second-order valence-corrected chi connectivity index (χ2v) is 17.9. The lowest BCUT2D eigenvalue weighted by atomic mass is 9.72. The van der Waals surface area contributed by atoms with Gasteiger partial charge in [-0.1, -0.05) is 49.6 Å². The highest BCUT2D eigenvalue weighted by molar-refractivity contribution is 7.92. The summed E-state index contributed by atoms with van der Waals surface area (Å²) in [7, 11) is -3.87. The van der Waals surface area contributed by atoms with E-state index in [1.54, 1.807) is 13.0 Å². The van der Waals surface area contributed by atoms with Gasteiger partial charge in [-0.2, -0.15) is 0 Å². The smallest absolute Gasteiger partial charge is 0.287 e. The van der Waals surface area contributed by atoms with Gasteiger partial charge in [0.2, 0.25) is 11.8 Å². The highest BCUT2D eigenvalue weighted by Crippen LogP contribution is 2.39. The lowest BCUT2D eigenvalue weighted by Crippen LogP contribution is -2.64. The average Bonchev–Trinajstić information content (AvgIpc) is 3.44. The Balaban J connectivity index is 1.62. The highest BCUT2D eigenvalue weighted by Gasteiger charge is 2.46. The maximum Gasteiger partial charge on any atom is 0.287 e. The number of nitrogens with zero attached hydrogens (tertiary/aromatic N) is 1. The van der Waals surface area contributed by atoms with E-state index >= 15 is 0 Å². The molecule has 1 saturated heterocycles. The number of fused-ring (bicyclic) bond motifs is 1. The molecule has 4 N–H and O–H groups in total. The van der Waals surface area contributed by atoms with Crippen LogP contribution in [0, 0.1) is 18.8 Å². The number of rotatable bonds is 12. The summed E-state index contributed by atoms with van der Waals surface area (Å²) in [5.41, 5.74) is 0.429. The van der Waals surface area contributed by atoms with Crippen molar-refractivity contribution in [2.24, 2.45) is 11.8 Å². The van der Waals surface area contributed by atoms with Gasteiger partial charge in [0.25, 0.3) is 5.91 Å². The molecule has 12 heteroatoms. The Morgan fingerprint density at radius 1 is 0.979 bits per heavy atom. The van der Waals surface area contributed by atoms with Crippen LogP contribution in [-0.2, 0) is 25.8 Å². The van der Waals surface area contributed by atoms with E-state index in [2.05, 4.69) is 20.9 Å². The molecule has 4 rings (SSSR count). The number of aryl methyl sites for hydroxylation is 1. The van der Waals surface area contributed by atoms with E-state index in [0.29, 0.717) is 30.6 Å². The lowest BCUT2D eigenvalue weighted by Gasteiger charge is -2.47. The number of likely N-dealkylation sites (tertiary alicyclic amines) is 1.